The molecule has 1 amide bonds. The van der Waals surface area contributed by atoms with Crippen molar-refractivity contribution in [2.75, 3.05) is 13.2 Å². The van der Waals surface area contributed by atoms with Crippen molar-refractivity contribution in [1.29, 1.82) is 0 Å². The van der Waals surface area contributed by atoms with Gasteiger partial charge in [-0.15, -0.1) is 0 Å². The Kier molecular flexibility index (Phi) is 7.46. The van der Waals surface area contributed by atoms with Crippen molar-refractivity contribution in [2.45, 2.75) is 26.9 Å². The lowest BCUT2D eigenvalue weighted by molar-refractivity contribution is -0.146. The van der Waals surface area contributed by atoms with Gasteiger partial charge in [-0.25, -0.2) is 0 Å². The Balaban J connectivity index is 2.11. The molecule has 0 spiro atoms. The topological polar surface area (TPSA) is 75.6 Å². The van der Waals surface area contributed by atoms with E-state index < -0.39 is 17.8 Å². The van der Waals surface area contributed by atoms with Gasteiger partial charge in [0.15, 0.2) is 0 Å². The monoisotopic (exact) mass is 293 g/mol. The lowest BCUT2D eigenvalue weighted by Crippen LogP contribution is -2.35. The lowest BCUT2D eigenvalue weighted by atomic mass is 9.95. The largest absolute Gasteiger partial charge is 0.481 e. The molecule has 21 heavy (non-hydrogen) atoms. The summed E-state index contributed by atoms with van der Waals surface area (Å²) < 4.78 is 5.50. The highest BCUT2D eigenvalue weighted by Crippen LogP contribution is 2.10. The van der Waals surface area contributed by atoms with Gasteiger partial charge in [-0.2, -0.15) is 0 Å². The maximum Gasteiger partial charge on any atom is 0.307 e. The second kappa shape index (κ2) is 9.13. The van der Waals surface area contributed by atoms with Crippen LogP contribution in [0.2, 0.25) is 0 Å². The Morgan fingerprint density at radius 2 is 1.86 bits per heavy atom. The molecule has 1 aromatic rings. The highest BCUT2D eigenvalue weighted by molar-refractivity contribution is 5.84. The minimum Gasteiger partial charge on any atom is -0.481 e. The summed E-state index contributed by atoms with van der Waals surface area (Å²) in [6, 6.07) is 9.87. The smallest absolute Gasteiger partial charge is 0.307 e. The number of hydrogen-bond acceptors (Lipinski definition) is 3. The standard InChI is InChI=1S/C16H23NO4/c1-12(13(2)16(19)20)15(18)17-9-6-10-21-11-14-7-4-3-5-8-14/h3-5,7-8,12-13H,6,9-11H2,1-2H3,(H,17,18)(H,19,20). The van der Waals surface area contributed by atoms with E-state index in [4.69, 9.17) is 9.84 Å². The molecule has 0 aliphatic rings. The van der Waals surface area contributed by atoms with Crippen LogP contribution < -0.4 is 5.32 Å². The number of nitrogens with one attached hydrogen (secondary N) is 1. The van der Waals surface area contributed by atoms with Crippen LogP contribution in [0.25, 0.3) is 0 Å². The molecule has 1 rings (SSSR count). The van der Waals surface area contributed by atoms with Gasteiger partial charge in [-0.3, -0.25) is 9.59 Å². The third-order valence-electron chi connectivity index (χ3n) is 3.43. The highest BCUT2D eigenvalue weighted by Gasteiger charge is 2.25. The number of benzene rings is 1. The van der Waals surface area contributed by atoms with E-state index in [-0.39, 0.29) is 5.91 Å². The Morgan fingerprint density at radius 3 is 2.48 bits per heavy atom. The quantitative estimate of drug-likeness (QED) is 0.683. The van der Waals surface area contributed by atoms with Crippen LogP contribution in [0.5, 0.6) is 0 Å². The Hall–Kier alpha value is -1.88. The summed E-state index contributed by atoms with van der Waals surface area (Å²) in [6.07, 6.45) is 0.701. The van der Waals surface area contributed by atoms with Crippen LogP contribution >= 0.6 is 0 Å². The second-order valence-electron chi connectivity index (χ2n) is 5.10. The predicted molar refractivity (Wildman–Crippen MR) is 79.7 cm³/mol. The molecule has 0 radical (unpaired) electrons. The summed E-state index contributed by atoms with van der Waals surface area (Å²) in [5.41, 5.74) is 1.12. The molecule has 2 unspecified atom stereocenters. The molecular formula is C16H23NO4. The zero-order valence-electron chi connectivity index (χ0n) is 12.5. The number of carboxylic acids is 1. The molecule has 2 atom stereocenters. The maximum atomic E-state index is 11.7. The van der Waals surface area contributed by atoms with Crippen LogP contribution in [0.1, 0.15) is 25.8 Å². The maximum absolute atomic E-state index is 11.7. The fourth-order valence-electron chi connectivity index (χ4n) is 1.75. The van der Waals surface area contributed by atoms with Gasteiger partial charge in [0.2, 0.25) is 5.91 Å². The summed E-state index contributed by atoms with van der Waals surface area (Å²) in [5.74, 6) is -2.40. The van der Waals surface area contributed by atoms with Crippen LogP contribution in [0.3, 0.4) is 0 Å². The minimum absolute atomic E-state index is 0.229. The van der Waals surface area contributed by atoms with Crippen LogP contribution in [0.15, 0.2) is 30.3 Å². The molecule has 1 aromatic carbocycles. The number of carboxylic acid groups (broad SMARTS) is 1. The van der Waals surface area contributed by atoms with Crippen LogP contribution in [-0.4, -0.2) is 30.1 Å². The van der Waals surface area contributed by atoms with E-state index in [1.807, 2.05) is 30.3 Å². The molecule has 0 heterocycles. The van der Waals surface area contributed by atoms with Gasteiger partial charge >= 0.3 is 5.97 Å². The Bertz CT molecular complexity index is 447. The van der Waals surface area contributed by atoms with Crippen molar-refractivity contribution in [1.82, 2.24) is 5.32 Å². The molecular weight excluding hydrogens is 270 g/mol. The molecule has 0 aliphatic carbocycles. The summed E-state index contributed by atoms with van der Waals surface area (Å²) in [7, 11) is 0. The first-order valence-electron chi connectivity index (χ1n) is 7.14. The number of hydrogen-bond donors (Lipinski definition) is 2. The molecule has 2 N–H and O–H groups in total. The fourth-order valence-corrected chi connectivity index (χ4v) is 1.75. The van der Waals surface area contributed by atoms with Crippen molar-refractivity contribution in [3.05, 3.63) is 35.9 Å². The fraction of sp³-hybridized carbons (Fsp3) is 0.500. The zero-order chi connectivity index (χ0) is 15.7. The number of ether oxygens (including phenoxy) is 1. The summed E-state index contributed by atoms with van der Waals surface area (Å²) in [6.45, 7) is 4.76. The Morgan fingerprint density at radius 1 is 1.19 bits per heavy atom. The number of carbonyl (C=O) groups is 2. The van der Waals surface area contributed by atoms with Crippen molar-refractivity contribution in [3.8, 4) is 0 Å². The van der Waals surface area contributed by atoms with Crippen LogP contribution in [-0.2, 0) is 20.9 Å². The van der Waals surface area contributed by atoms with E-state index in [1.54, 1.807) is 6.92 Å². The van der Waals surface area contributed by atoms with Crippen molar-refractivity contribution in [3.63, 3.8) is 0 Å². The lowest BCUT2D eigenvalue weighted by Gasteiger charge is -2.15. The predicted octanol–water partition coefficient (Wildman–Crippen LogP) is 2.07. The molecule has 5 nitrogen and oxygen atoms in total. The van der Waals surface area contributed by atoms with Gasteiger partial charge in [-0.1, -0.05) is 44.2 Å². The molecule has 0 bridgehead atoms. The summed E-state index contributed by atoms with van der Waals surface area (Å²) in [4.78, 5) is 22.5. The molecule has 0 saturated carbocycles. The SMILES string of the molecule is CC(C(=O)O)C(C)C(=O)NCCCOCc1ccccc1. The van der Waals surface area contributed by atoms with E-state index in [0.29, 0.717) is 26.2 Å². The molecule has 0 aliphatic heterocycles. The normalized spacial score (nSPS) is 13.4. The van der Waals surface area contributed by atoms with Crippen LogP contribution in [0.4, 0.5) is 0 Å². The molecule has 0 fully saturated rings. The first-order chi connectivity index (χ1) is 10.0. The number of carbonyl (C=O) groups excluding carboxylic acids is 1. The van der Waals surface area contributed by atoms with E-state index in [1.165, 1.54) is 6.92 Å². The Labute approximate surface area is 125 Å². The molecule has 0 aromatic heterocycles. The van der Waals surface area contributed by atoms with E-state index in [2.05, 4.69) is 5.32 Å². The minimum atomic E-state index is -0.955. The van der Waals surface area contributed by atoms with Gasteiger partial charge in [0.1, 0.15) is 0 Å². The second-order valence-corrected chi connectivity index (χ2v) is 5.10. The zero-order valence-corrected chi connectivity index (χ0v) is 12.5. The van der Waals surface area contributed by atoms with E-state index in [0.717, 1.165) is 5.56 Å². The first-order valence-corrected chi connectivity index (χ1v) is 7.14. The van der Waals surface area contributed by atoms with Gasteiger partial charge < -0.3 is 15.2 Å². The molecule has 5 heteroatoms. The van der Waals surface area contributed by atoms with Crippen molar-refractivity contribution < 1.29 is 19.4 Å². The van der Waals surface area contributed by atoms with Gasteiger partial charge in [0.05, 0.1) is 12.5 Å². The molecule has 0 saturated heterocycles. The van der Waals surface area contributed by atoms with Gasteiger partial charge in [0, 0.05) is 19.1 Å². The molecule has 116 valence electrons. The van der Waals surface area contributed by atoms with Crippen molar-refractivity contribution in [2.24, 2.45) is 11.8 Å². The van der Waals surface area contributed by atoms with Gasteiger partial charge in [-0.05, 0) is 12.0 Å². The number of amides is 1. The third-order valence-corrected chi connectivity index (χ3v) is 3.43. The average Bonchev–Trinajstić information content (AvgIpc) is 2.49. The third kappa shape index (κ3) is 6.40. The highest BCUT2D eigenvalue weighted by atomic mass is 16.5. The average molecular weight is 293 g/mol. The number of rotatable bonds is 9. The summed E-state index contributed by atoms with van der Waals surface area (Å²) in [5, 5.41) is 11.6. The summed E-state index contributed by atoms with van der Waals surface area (Å²) >= 11 is 0. The number of aliphatic carboxylic acids is 1. The van der Waals surface area contributed by atoms with Crippen LogP contribution in [0, 0.1) is 11.8 Å². The van der Waals surface area contributed by atoms with Gasteiger partial charge in [0.25, 0.3) is 0 Å². The first kappa shape index (κ1) is 17.2. The van der Waals surface area contributed by atoms with Crippen molar-refractivity contribution >= 4 is 11.9 Å². The van der Waals surface area contributed by atoms with E-state index in [9.17, 15) is 9.59 Å². The van der Waals surface area contributed by atoms with E-state index >= 15 is 0 Å².